The summed E-state index contributed by atoms with van der Waals surface area (Å²) in [6, 6.07) is 7.18. The third kappa shape index (κ3) is 3.29. The molecule has 0 aliphatic heterocycles. The molecule has 1 N–H and O–H groups in total. The molecule has 102 valence electrons. The van der Waals surface area contributed by atoms with Crippen LogP contribution in [0, 0.1) is 0 Å². The number of alkyl halides is 2. The minimum absolute atomic E-state index is 0.00599. The van der Waals surface area contributed by atoms with Crippen LogP contribution < -0.4 is 4.74 Å². The Morgan fingerprint density at radius 3 is 2.84 bits per heavy atom. The van der Waals surface area contributed by atoms with Crippen LogP contribution in [-0.4, -0.2) is 21.3 Å². The maximum Gasteiger partial charge on any atom is 0.320 e. The van der Waals surface area contributed by atoms with Crippen molar-refractivity contribution in [3.63, 3.8) is 0 Å². The van der Waals surface area contributed by atoms with Gasteiger partial charge in [-0.3, -0.25) is 4.57 Å². The van der Waals surface area contributed by atoms with Crippen LogP contribution in [0.15, 0.2) is 36.7 Å². The van der Waals surface area contributed by atoms with Crippen LogP contribution in [0.3, 0.4) is 0 Å². The van der Waals surface area contributed by atoms with Crippen molar-refractivity contribution in [1.29, 1.82) is 0 Å². The maximum atomic E-state index is 12.6. The lowest BCUT2D eigenvalue weighted by molar-refractivity contribution is 0.0632. The van der Waals surface area contributed by atoms with Crippen LogP contribution in [0.1, 0.15) is 17.9 Å². The zero-order valence-electron chi connectivity index (χ0n) is 10.2. The van der Waals surface area contributed by atoms with Gasteiger partial charge in [-0.2, -0.15) is 8.78 Å². The lowest BCUT2D eigenvalue weighted by Crippen LogP contribution is -2.08. The molecule has 1 aromatic heterocycles. The van der Waals surface area contributed by atoms with Crippen LogP contribution >= 0.6 is 0 Å². The fourth-order valence-electron chi connectivity index (χ4n) is 1.75. The van der Waals surface area contributed by atoms with Crippen molar-refractivity contribution >= 4 is 0 Å². The van der Waals surface area contributed by atoms with E-state index in [1.807, 2.05) is 12.1 Å². The molecule has 1 heterocycles. The van der Waals surface area contributed by atoms with Gasteiger partial charge in [0.1, 0.15) is 12.4 Å². The van der Waals surface area contributed by atoms with Crippen molar-refractivity contribution in [3.8, 4) is 5.75 Å². The van der Waals surface area contributed by atoms with E-state index in [-0.39, 0.29) is 19.0 Å². The molecule has 0 fully saturated rings. The van der Waals surface area contributed by atoms with Gasteiger partial charge >= 0.3 is 6.55 Å². The molecular formula is C13H14F2N2O2. The number of aromatic nitrogens is 2. The standard InChI is InChI=1S/C13H14F2N2O2/c14-13(15)17-7-6-16-12(17)9-19-11-4-2-1-3-10(11)5-8-18/h1-4,6-7,13,18H,5,8-9H2. The quantitative estimate of drug-likeness (QED) is 0.875. The molecule has 4 nitrogen and oxygen atoms in total. The highest BCUT2D eigenvalue weighted by molar-refractivity contribution is 5.33. The number of aliphatic hydroxyl groups excluding tert-OH is 1. The number of aliphatic hydroxyl groups is 1. The van der Waals surface area contributed by atoms with E-state index >= 15 is 0 Å². The number of imidazole rings is 1. The number of benzene rings is 1. The molecule has 0 spiro atoms. The summed E-state index contributed by atoms with van der Waals surface area (Å²) in [6.45, 7) is -2.67. The van der Waals surface area contributed by atoms with E-state index in [0.29, 0.717) is 12.2 Å². The van der Waals surface area contributed by atoms with Crippen LogP contribution in [0.2, 0.25) is 0 Å². The zero-order chi connectivity index (χ0) is 13.7. The predicted molar refractivity (Wildman–Crippen MR) is 65.0 cm³/mol. The zero-order valence-corrected chi connectivity index (χ0v) is 10.2. The minimum atomic E-state index is -2.63. The van der Waals surface area contributed by atoms with Crippen LogP contribution in [0.25, 0.3) is 0 Å². The van der Waals surface area contributed by atoms with Gasteiger partial charge in [0.2, 0.25) is 0 Å². The molecule has 2 rings (SSSR count). The van der Waals surface area contributed by atoms with Gasteiger partial charge in [-0.1, -0.05) is 18.2 Å². The van der Waals surface area contributed by atoms with Crippen LogP contribution in [0.5, 0.6) is 5.75 Å². The first kappa shape index (κ1) is 13.5. The lowest BCUT2D eigenvalue weighted by atomic mass is 10.1. The number of nitrogens with zero attached hydrogens (tertiary/aromatic N) is 2. The molecule has 1 aromatic carbocycles. The molecule has 0 aliphatic rings. The first-order valence-electron chi connectivity index (χ1n) is 5.84. The van der Waals surface area contributed by atoms with Crippen molar-refractivity contribution in [2.24, 2.45) is 0 Å². The largest absolute Gasteiger partial charge is 0.485 e. The second-order valence-electron chi connectivity index (χ2n) is 3.90. The Bertz CT molecular complexity index is 529. The number of hydrogen-bond donors (Lipinski definition) is 1. The van der Waals surface area contributed by atoms with E-state index in [1.165, 1.54) is 12.4 Å². The molecule has 0 bridgehead atoms. The molecule has 0 radical (unpaired) electrons. The highest BCUT2D eigenvalue weighted by Crippen LogP contribution is 2.20. The Balaban J connectivity index is 2.08. The summed E-state index contributed by atoms with van der Waals surface area (Å²) < 4.78 is 31.5. The van der Waals surface area contributed by atoms with E-state index in [0.717, 1.165) is 10.1 Å². The Hall–Kier alpha value is -1.95. The highest BCUT2D eigenvalue weighted by atomic mass is 19.3. The van der Waals surface area contributed by atoms with Gasteiger partial charge in [0, 0.05) is 19.0 Å². The summed E-state index contributed by atoms with van der Waals surface area (Å²) in [7, 11) is 0. The molecule has 0 atom stereocenters. The van der Waals surface area contributed by atoms with Crippen molar-refractivity contribution in [1.82, 2.24) is 9.55 Å². The molecule has 0 aliphatic carbocycles. The number of para-hydroxylation sites is 1. The molecule has 0 amide bonds. The Kier molecular flexibility index (Phi) is 4.46. The Labute approximate surface area is 109 Å². The third-order valence-electron chi connectivity index (χ3n) is 2.67. The van der Waals surface area contributed by atoms with E-state index < -0.39 is 6.55 Å². The van der Waals surface area contributed by atoms with E-state index in [9.17, 15) is 8.78 Å². The Morgan fingerprint density at radius 1 is 1.32 bits per heavy atom. The molecule has 0 saturated carbocycles. The van der Waals surface area contributed by atoms with Crippen molar-refractivity contribution in [2.45, 2.75) is 19.6 Å². The highest BCUT2D eigenvalue weighted by Gasteiger charge is 2.12. The van der Waals surface area contributed by atoms with Gasteiger partial charge in [0.05, 0.1) is 0 Å². The smallest absolute Gasteiger partial charge is 0.320 e. The van der Waals surface area contributed by atoms with Gasteiger partial charge in [-0.15, -0.1) is 0 Å². The number of halogens is 2. The first-order chi connectivity index (χ1) is 9.22. The molecule has 0 unspecified atom stereocenters. The monoisotopic (exact) mass is 268 g/mol. The number of rotatable bonds is 6. The second-order valence-corrected chi connectivity index (χ2v) is 3.90. The minimum Gasteiger partial charge on any atom is -0.485 e. The SMILES string of the molecule is OCCc1ccccc1OCc1nccn1C(F)F. The van der Waals surface area contributed by atoms with Crippen LogP contribution in [-0.2, 0) is 13.0 Å². The summed E-state index contributed by atoms with van der Waals surface area (Å²) in [6.07, 6.45) is 2.98. The van der Waals surface area contributed by atoms with Gasteiger partial charge in [-0.05, 0) is 18.1 Å². The van der Waals surface area contributed by atoms with Gasteiger partial charge in [0.15, 0.2) is 5.82 Å². The average molecular weight is 268 g/mol. The summed E-state index contributed by atoms with van der Waals surface area (Å²) in [5.74, 6) is 0.731. The molecule has 19 heavy (non-hydrogen) atoms. The van der Waals surface area contributed by atoms with E-state index in [1.54, 1.807) is 12.1 Å². The van der Waals surface area contributed by atoms with Crippen molar-refractivity contribution < 1.29 is 18.6 Å². The summed E-state index contributed by atoms with van der Waals surface area (Å²) in [5.41, 5.74) is 0.833. The van der Waals surface area contributed by atoms with Gasteiger partial charge in [0.25, 0.3) is 0 Å². The Morgan fingerprint density at radius 2 is 2.11 bits per heavy atom. The lowest BCUT2D eigenvalue weighted by Gasteiger charge is -2.11. The molecule has 6 heteroatoms. The fourth-order valence-corrected chi connectivity index (χ4v) is 1.75. The molecule has 0 saturated heterocycles. The van der Waals surface area contributed by atoms with Crippen molar-refractivity contribution in [3.05, 3.63) is 48.0 Å². The molecule has 2 aromatic rings. The fraction of sp³-hybridized carbons (Fsp3) is 0.308. The molecular weight excluding hydrogens is 254 g/mol. The topological polar surface area (TPSA) is 47.3 Å². The number of ether oxygens (including phenoxy) is 1. The predicted octanol–water partition coefficient (Wildman–Crippen LogP) is 2.39. The number of hydrogen-bond acceptors (Lipinski definition) is 3. The summed E-state index contributed by atoms with van der Waals surface area (Å²) >= 11 is 0. The summed E-state index contributed by atoms with van der Waals surface area (Å²) in [4.78, 5) is 3.84. The normalized spacial score (nSPS) is 10.9. The third-order valence-corrected chi connectivity index (χ3v) is 2.67. The van der Waals surface area contributed by atoms with E-state index in [4.69, 9.17) is 9.84 Å². The van der Waals surface area contributed by atoms with Crippen LogP contribution in [0.4, 0.5) is 8.78 Å². The summed E-state index contributed by atoms with van der Waals surface area (Å²) in [5, 5.41) is 8.94. The van der Waals surface area contributed by atoms with Crippen molar-refractivity contribution in [2.75, 3.05) is 6.61 Å². The van der Waals surface area contributed by atoms with Gasteiger partial charge < -0.3 is 9.84 Å². The van der Waals surface area contributed by atoms with Gasteiger partial charge in [-0.25, -0.2) is 4.98 Å². The maximum absolute atomic E-state index is 12.6. The average Bonchev–Trinajstić information content (AvgIpc) is 2.86. The first-order valence-corrected chi connectivity index (χ1v) is 5.84. The van der Waals surface area contributed by atoms with E-state index in [2.05, 4.69) is 4.98 Å². The second kappa shape index (κ2) is 6.29.